The highest BCUT2D eigenvalue weighted by atomic mass is 16.5. The molecule has 4 atom stereocenters. The highest BCUT2D eigenvalue weighted by Gasteiger charge is 2.49. The molecular formula is C10H17NO2. The summed E-state index contributed by atoms with van der Waals surface area (Å²) in [6.07, 6.45) is 3.52. The van der Waals surface area contributed by atoms with Gasteiger partial charge in [-0.3, -0.25) is 4.79 Å². The second-order valence-electron chi connectivity index (χ2n) is 4.19. The predicted octanol–water partition coefficient (Wildman–Crippen LogP) is 0.923. The van der Waals surface area contributed by atoms with E-state index in [9.17, 15) is 4.79 Å². The number of rotatable bonds is 2. The van der Waals surface area contributed by atoms with E-state index in [1.165, 1.54) is 12.8 Å². The molecular weight excluding hydrogens is 166 g/mol. The number of ether oxygens (including phenoxy) is 1. The molecule has 0 amide bonds. The third-order valence-electron chi connectivity index (χ3n) is 3.54. The minimum Gasteiger partial charge on any atom is -0.466 e. The first-order valence-electron chi connectivity index (χ1n) is 5.16. The van der Waals surface area contributed by atoms with Gasteiger partial charge in [-0.05, 0) is 38.0 Å². The van der Waals surface area contributed by atoms with Crippen molar-refractivity contribution in [3.05, 3.63) is 0 Å². The van der Waals surface area contributed by atoms with E-state index >= 15 is 0 Å². The fraction of sp³-hybridized carbons (Fsp3) is 0.900. The maximum atomic E-state index is 11.5. The average Bonchev–Trinajstić information content (AvgIpc) is 2.63. The van der Waals surface area contributed by atoms with Gasteiger partial charge < -0.3 is 10.5 Å². The minimum atomic E-state index is -0.0674. The van der Waals surface area contributed by atoms with Gasteiger partial charge in [0.25, 0.3) is 0 Å². The lowest BCUT2D eigenvalue weighted by atomic mass is 9.85. The summed E-state index contributed by atoms with van der Waals surface area (Å²) >= 11 is 0. The standard InChI is InChI=1S/C10H17NO2/c1-2-13-10(12)8-6-3-4-7(5-6)9(8)11/h6-9H,2-5,11H2,1H3/t6-,7+,8-,9-/m0/s1. The van der Waals surface area contributed by atoms with Crippen molar-refractivity contribution < 1.29 is 9.53 Å². The van der Waals surface area contributed by atoms with Crippen LogP contribution >= 0.6 is 0 Å². The van der Waals surface area contributed by atoms with Crippen LogP contribution in [0.4, 0.5) is 0 Å². The van der Waals surface area contributed by atoms with E-state index in [-0.39, 0.29) is 17.9 Å². The van der Waals surface area contributed by atoms with E-state index in [0.717, 1.165) is 6.42 Å². The SMILES string of the molecule is CCOC(=O)[C@H]1[C@H]2CC[C@H](C2)[C@@H]1N. The largest absolute Gasteiger partial charge is 0.466 e. The molecule has 0 saturated heterocycles. The third-order valence-corrected chi connectivity index (χ3v) is 3.54. The zero-order valence-corrected chi connectivity index (χ0v) is 8.03. The van der Waals surface area contributed by atoms with Crippen LogP contribution in [0.3, 0.4) is 0 Å². The van der Waals surface area contributed by atoms with E-state index in [2.05, 4.69) is 0 Å². The van der Waals surface area contributed by atoms with Gasteiger partial charge in [-0.25, -0.2) is 0 Å². The van der Waals surface area contributed by atoms with Gasteiger partial charge in [0.05, 0.1) is 12.5 Å². The van der Waals surface area contributed by atoms with Gasteiger partial charge in [-0.15, -0.1) is 0 Å². The van der Waals surface area contributed by atoms with Crippen molar-refractivity contribution in [2.75, 3.05) is 6.61 Å². The van der Waals surface area contributed by atoms with Crippen molar-refractivity contribution in [1.29, 1.82) is 0 Å². The Hall–Kier alpha value is -0.570. The molecule has 0 heterocycles. The van der Waals surface area contributed by atoms with Crippen LogP contribution in [0, 0.1) is 17.8 Å². The van der Waals surface area contributed by atoms with Gasteiger partial charge in [0.1, 0.15) is 0 Å². The second-order valence-corrected chi connectivity index (χ2v) is 4.19. The maximum Gasteiger partial charge on any atom is 0.310 e. The van der Waals surface area contributed by atoms with Crippen molar-refractivity contribution in [2.24, 2.45) is 23.5 Å². The van der Waals surface area contributed by atoms with Crippen molar-refractivity contribution in [1.82, 2.24) is 0 Å². The summed E-state index contributed by atoms with van der Waals surface area (Å²) in [5, 5.41) is 0. The highest BCUT2D eigenvalue weighted by molar-refractivity contribution is 5.74. The summed E-state index contributed by atoms with van der Waals surface area (Å²) in [6, 6.07) is 0.0674. The Morgan fingerprint density at radius 3 is 2.69 bits per heavy atom. The Morgan fingerprint density at radius 2 is 2.15 bits per heavy atom. The Bertz CT molecular complexity index is 215. The Balaban J connectivity index is 2.03. The number of carbonyl (C=O) groups is 1. The fourth-order valence-electron chi connectivity index (χ4n) is 2.92. The summed E-state index contributed by atoms with van der Waals surface area (Å²) in [4.78, 5) is 11.5. The summed E-state index contributed by atoms with van der Waals surface area (Å²) in [7, 11) is 0. The van der Waals surface area contributed by atoms with Gasteiger partial charge in [0.15, 0.2) is 0 Å². The smallest absolute Gasteiger partial charge is 0.310 e. The maximum absolute atomic E-state index is 11.5. The monoisotopic (exact) mass is 183 g/mol. The molecule has 0 aromatic carbocycles. The Kier molecular flexibility index (Phi) is 2.28. The van der Waals surface area contributed by atoms with E-state index in [0.29, 0.717) is 18.4 Å². The molecule has 0 aromatic rings. The van der Waals surface area contributed by atoms with Crippen molar-refractivity contribution in [3.63, 3.8) is 0 Å². The van der Waals surface area contributed by atoms with Gasteiger partial charge in [-0.1, -0.05) is 0 Å². The molecule has 13 heavy (non-hydrogen) atoms. The lowest BCUT2D eigenvalue weighted by molar-refractivity contribution is -0.150. The molecule has 2 rings (SSSR count). The highest BCUT2D eigenvalue weighted by Crippen LogP contribution is 2.47. The van der Waals surface area contributed by atoms with E-state index in [1.54, 1.807) is 0 Å². The quantitative estimate of drug-likeness (QED) is 0.648. The molecule has 0 unspecified atom stereocenters. The summed E-state index contributed by atoms with van der Waals surface area (Å²) < 4.78 is 5.03. The van der Waals surface area contributed by atoms with E-state index < -0.39 is 0 Å². The second kappa shape index (κ2) is 3.29. The van der Waals surface area contributed by atoms with Crippen LogP contribution in [0.1, 0.15) is 26.2 Å². The lowest BCUT2D eigenvalue weighted by Crippen LogP contribution is -2.41. The van der Waals surface area contributed by atoms with Crippen molar-refractivity contribution in [3.8, 4) is 0 Å². The van der Waals surface area contributed by atoms with Gasteiger partial charge in [-0.2, -0.15) is 0 Å². The van der Waals surface area contributed by atoms with Crippen LogP contribution in [0.25, 0.3) is 0 Å². The molecule has 2 aliphatic rings. The van der Waals surface area contributed by atoms with Crippen molar-refractivity contribution in [2.45, 2.75) is 32.2 Å². The first-order valence-corrected chi connectivity index (χ1v) is 5.16. The topological polar surface area (TPSA) is 52.3 Å². The van der Waals surface area contributed by atoms with Gasteiger partial charge >= 0.3 is 5.97 Å². The third kappa shape index (κ3) is 1.35. The van der Waals surface area contributed by atoms with Crippen LogP contribution in [-0.4, -0.2) is 18.6 Å². The zero-order chi connectivity index (χ0) is 9.42. The summed E-state index contributed by atoms with van der Waals surface area (Å²) in [5.41, 5.74) is 5.99. The number of esters is 1. The van der Waals surface area contributed by atoms with Crippen LogP contribution in [0.2, 0.25) is 0 Å². The molecule has 2 aliphatic carbocycles. The first kappa shape index (κ1) is 9.00. The van der Waals surface area contributed by atoms with E-state index in [4.69, 9.17) is 10.5 Å². The number of hydrogen-bond acceptors (Lipinski definition) is 3. The molecule has 0 radical (unpaired) electrons. The molecule has 3 nitrogen and oxygen atoms in total. The number of nitrogens with two attached hydrogens (primary N) is 1. The van der Waals surface area contributed by atoms with Gasteiger partial charge in [0, 0.05) is 6.04 Å². The number of fused-ring (bicyclic) bond motifs is 2. The number of carbonyl (C=O) groups excluding carboxylic acids is 1. The molecule has 2 bridgehead atoms. The Labute approximate surface area is 78.6 Å². The molecule has 2 saturated carbocycles. The molecule has 2 fully saturated rings. The molecule has 2 N–H and O–H groups in total. The van der Waals surface area contributed by atoms with Crippen molar-refractivity contribution >= 4 is 5.97 Å². The summed E-state index contributed by atoms with van der Waals surface area (Å²) in [6.45, 7) is 2.32. The predicted molar refractivity (Wildman–Crippen MR) is 48.9 cm³/mol. The molecule has 0 spiro atoms. The fourth-order valence-corrected chi connectivity index (χ4v) is 2.92. The van der Waals surface area contributed by atoms with Crippen LogP contribution < -0.4 is 5.73 Å². The minimum absolute atomic E-state index is 0.00120. The Morgan fingerprint density at radius 1 is 1.46 bits per heavy atom. The molecule has 74 valence electrons. The molecule has 0 aromatic heterocycles. The van der Waals surface area contributed by atoms with Gasteiger partial charge in [0.2, 0.25) is 0 Å². The van der Waals surface area contributed by atoms with Crippen LogP contribution in [0.5, 0.6) is 0 Å². The summed E-state index contributed by atoms with van der Waals surface area (Å²) in [5.74, 6) is 1.03. The zero-order valence-electron chi connectivity index (χ0n) is 8.03. The average molecular weight is 183 g/mol. The number of hydrogen-bond donors (Lipinski definition) is 1. The van der Waals surface area contributed by atoms with E-state index in [1.807, 2.05) is 6.92 Å². The first-order chi connectivity index (χ1) is 6.24. The van der Waals surface area contributed by atoms with Crippen LogP contribution in [0.15, 0.2) is 0 Å². The normalized spacial score (nSPS) is 42.3. The van der Waals surface area contributed by atoms with Crippen LogP contribution in [-0.2, 0) is 9.53 Å². The molecule has 3 heteroatoms. The molecule has 0 aliphatic heterocycles. The lowest BCUT2D eigenvalue weighted by Gasteiger charge is -2.25.